The molecule has 0 aliphatic carbocycles. The molecule has 5 nitrogen and oxygen atoms in total. The van der Waals surface area contributed by atoms with Crippen LogP contribution in [0.25, 0.3) is 11.0 Å². The Balaban J connectivity index is 1.75. The van der Waals surface area contributed by atoms with Crippen LogP contribution in [0.1, 0.15) is 11.1 Å². The standard InChI is InChI=1S/C20H18ClFN2O3/c1-12-6-18-16(9-17(12)21)13(7-20(26)27-18)10-24(2)11-19(25)23-15-5-3-4-14(22)8-15/h3-9H,10-11H2,1-2H3,(H,23,25). The number of rotatable bonds is 5. The van der Waals surface area contributed by atoms with Gasteiger partial charge < -0.3 is 9.73 Å². The van der Waals surface area contributed by atoms with Crippen LogP contribution in [-0.2, 0) is 11.3 Å². The maximum Gasteiger partial charge on any atom is 0.336 e. The lowest BCUT2D eigenvalue weighted by atomic mass is 10.1. The molecule has 27 heavy (non-hydrogen) atoms. The molecule has 0 unspecified atom stereocenters. The van der Waals surface area contributed by atoms with Crippen LogP contribution in [0.3, 0.4) is 0 Å². The Morgan fingerprint density at radius 2 is 2.04 bits per heavy atom. The SMILES string of the molecule is Cc1cc2oc(=O)cc(CN(C)CC(=O)Nc3cccc(F)c3)c2cc1Cl. The smallest absolute Gasteiger partial charge is 0.336 e. The number of likely N-dealkylation sites (N-methyl/N-ethyl adjacent to an activating group) is 1. The molecule has 0 atom stereocenters. The maximum atomic E-state index is 13.2. The second-order valence-corrected chi connectivity index (χ2v) is 6.83. The number of nitrogens with one attached hydrogen (secondary N) is 1. The van der Waals surface area contributed by atoms with E-state index in [-0.39, 0.29) is 12.5 Å². The normalized spacial score (nSPS) is 11.1. The molecule has 1 heterocycles. The Kier molecular flexibility index (Phi) is 5.58. The van der Waals surface area contributed by atoms with E-state index in [0.29, 0.717) is 28.4 Å². The van der Waals surface area contributed by atoms with Crippen molar-refractivity contribution in [3.8, 4) is 0 Å². The first kappa shape index (κ1) is 19.1. The number of benzene rings is 2. The van der Waals surface area contributed by atoms with E-state index >= 15 is 0 Å². The molecular weight excluding hydrogens is 371 g/mol. The van der Waals surface area contributed by atoms with Crippen molar-refractivity contribution >= 4 is 34.2 Å². The lowest BCUT2D eigenvalue weighted by molar-refractivity contribution is -0.117. The predicted octanol–water partition coefficient (Wildman–Crippen LogP) is 3.96. The van der Waals surface area contributed by atoms with Gasteiger partial charge in [0.25, 0.3) is 0 Å². The summed E-state index contributed by atoms with van der Waals surface area (Å²) in [7, 11) is 1.75. The molecule has 1 N–H and O–H groups in total. The van der Waals surface area contributed by atoms with Crippen LogP contribution >= 0.6 is 11.6 Å². The van der Waals surface area contributed by atoms with Crippen LogP contribution in [-0.4, -0.2) is 24.4 Å². The van der Waals surface area contributed by atoms with Gasteiger partial charge in [-0.1, -0.05) is 17.7 Å². The van der Waals surface area contributed by atoms with E-state index in [1.807, 2.05) is 6.92 Å². The first-order valence-corrected chi connectivity index (χ1v) is 8.66. The first-order valence-electron chi connectivity index (χ1n) is 8.28. The van der Waals surface area contributed by atoms with E-state index in [2.05, 4.69) is 5.32 Å². The molecule has 7 heteroatoms. The minimum absolute atomic E-state index is 0.0673. The van der Waals surface area contributed by atoms with Crippen LogP contribution < -0.4 is 10.9 Å². The van der Waals surface area contributed by atoms with E-state index in [1.54, 1.807) is 30.1 Å². The molecule has 0 spiro atoms. The highest BCUT2D eigenvalue weighted by Crippen LogP contribution is 2.25. The van der Waals surface area contributed by atoms with E-state index in [0.717, 1.165) is 10.9 Å². The summed E-state index contributed by atoms with van der Waals surface area (Å²) in [6.07, 6.45) is 0. The van der Waals surface area contributed by atoms with Gasteiger partial charge in [-0.15, -0.1) is 0 Å². The third-order valence-electron chi connectivity index (χ3n) is 4.07. The van der Waals surface area contributed by atoms with Crippen LogP contribution in [0.4, 0.5) is 10.1 Å². The van der Waals surface area contributed by atoms with Gasteiger partial charge in [-0.25, -0.2) is 9.18 Å². The van der Waals surface area contributed by atoms with Crippen molar-refractivity contribution in [1.29, 1.82) is 0 Å². The van der Waals surface area contributed by atoms with Gasteiger partial charge in [0.15, 0.2) is 0 Å². The molecule has 0 saturated heterocycles. The average Bonchev–Trinajstić information content (AvgIpc) is 2.56. The van der Waals surface area contributed by atoms with Crippen LogP contribution in [0.15, 0.2) is 51.7 Å². The van der Waals surface area contributed by atoms with Crippen molar-refractivity contribution in [2.24, 2.45) is 0 Å². The average molecular weight is 389 g/mol. The summed E-state index contributed by atoms with van der Waals surface area (Å²) in [5.74, 6) is -0.708. The van der Waals surface area contributed by atoms with Gasteiger partial charge >= 0.3 is 5.63 Å². The summed E-state index contributed by atoms with van der Waals surface area (Å²) in [6, 6.07) is 10.6. The fourth-order valence-electron chi connectivity index (χ4n) is 2.84. The van der Waals surface area contributed by atoms with Gasteiger partial charge in [-0.05, 0) is 55.4 Å². The van der Waals surface area contributed by atoms with Gasteiger partial charge in [-0.2, -0.15) is 0 Å². The zero-order valence-corrected chi connectivity index (χ0v) is 15.6. The summed E-state index contributed by atoms with van der Waals surface area (Å²) >= 11 is 6.20. The highest BCUT2D eigenvalue weighted by molar-refractivity contribution is 6.32. The minimum atomic E-state index is -0.461. The summed E-state index contributed by atoms with van der Waals surface area (Å²) < 4.78 is 18.4. The Labute approximate surface area is 160 Å². The molecule has 0 aliphatic rings. The molecule has 0 saturated carbocycles. The Hall–Kier alpha value is -2.70. The van der Waals surface area contributed by atoms with Gasteiger partial charge in [0, 0.05) is 28.7 Å². The van der Waals surface area contributed by atoms with Crippen molar-refractivity contribution in [2.45, 2.75) is 13.5 Å². The van der Waals surface area contributed by atoms with Crippen LogP contribution in [0, 0.1) is 12.7 Å². The molecular formula is C20H18ClFN2O3. The number of carbonyl (C=O) groups is 1. The lowest BCUT2D eigenvalue weighted by Crippen LogP contribution is -2.30. The van der Waals surface area contributed by atoms with E-state index < -0.39 is 11.4 Å². The largest absolute Gasteiger partial charge is 0.423 e. The number of hydrogen-bond acceptors (Lipinski definition) is 4. The highest BCUT2D eigenvalue weighted by Gasteiger charge is 2.13. The molecule has 140 valence electrons. The third kappa shape index (κ3) is 4.72. The van der Waals surface area contributed by atoms with Crippen molar-refractivity contribution in [3.63, 3.8) is 0 Å². The Morgan fingerprint density at radius 1 is 1.26 bits per heavy atom. The number of hydrogen-bond donors (Lipinski definition) is 1. The molecule has 1 aromatic heterocycles. The van der Waals surface area contributed by atoms with Crippen LogP contribution in [0.5, 0.6) is 0 Å². The minimum Gasteiger partial charge on any atom is -0.423 e. The number of aryl methyl sites for hydroxylation is 1. The molecule has 0 bridgehead atoms. The molecule has 3 rings (SSSR count). The zero-order chi connectivity index (χ0) is 19.6. The number of carbonyl (C=O) groups excluding carboxylic acids is 1. The summed E-state index contributed by atoms with van der Waals surface area (Å²) in [5.41, 5.74) is 1.91. The summed E-state index contributed by atoms with van der Waals surface area (Å²) in [4.78, 5) is 25.8. The molecule has 2 aromatic carbocycles. The predicted molar refractivity (Wildman–Crippen MR) is 104 cm³/mol. The highest BCUT2D eigenvalue weighted by atomic mass is 35.5. The summed E-state index contributed by atoms with van der Waals surface area (Å²) in [5, 5.41) is 3.94. The number of fused-ring (bicyclic) bond motifs is 1. The zero-order valence-electron chi connectivity index (χ0n) is 14.9. The van der Waals surface area contributed by atoms with Gasteiger partial charge in [0.05, 0.1) is 6.54 Å². The van der Waals surface area contributed by atoms with Gasteiger partial charge in [0.2, 0.25) is 5.91 Å². The topological polar surface area (TPSA) is 62.6 Å². The van der Waals surface area contributed by atoms with Crippen molar-refractivity contribution in [3.05, 3.63) is 74.9 Å². The van der Waals surface area contributed by atoms with Crippen molar-refractivity contribution < 1.29 is 13.6 Å². The monoisotopic (exact) mass is 388 g/mol. The first-order chi connectivity index (χ1) is 12.8. The number of anilines is 1. The lowest BCUT2D eigenvalue weighted by Gasteiger charge is -2.17. The van der Waals surface area contributed by atoms with Crippen LogP contribution in [0.2, 0.25) is 5.02 Å². The molecule has 3 aromatic rings. The third-order valence-corrected chi connectivity index (χ3v) is 4.48. The quantitative estimate of drug-likeness (QED) is 0.672. The number of halogens is 2. The Morgan fingerprint density at radius 3 is 2.78 bits per heavy atom. The van der Waals surface area contributed by atoms with Gasteiger partial charge in [0.1, 0.15) is 11.4 Å². The molecule has 0 radical (unpaired) electrons. The second-order valence-electron chi connectivity index (χ2n) is 6.42. The summed E-state index contributed by atoms with van der Waals surface area (Å²) in [6.45, 7) is 2.24. The number of nitrogens with zero attached hydrogens (tertiary/aromatic N) is 1. The van der Waals surface area contributed by atoms with Crippen molar-refractivity contribution in [1.82, 2.24) is 4.90 Å². The Bertz CT molecular complexity index is 1060. The maximum absolute atomic E-state index is 13.2. The number of amides is 1. The van der Waals surface area contributed by atoms with Crippen molar-refractivity contribution in [2.75, 3.05) is 18.9 Å². The second kappa shape index (κ2) is 7.90. The molecule has 0 fully saturated rings. The van der Waals surface area contributed by atoms with E-state index in [9.17, 15) is 14.0 Å². The fourth-order valence-corrected chi connectivity index (χ4v) is 3.00. The van der Waals surface area contributed by atoms with Gasteiger partial charge in [-0.3, -0.25) is 9.69 Å². The fraction of sp³-hybridized carbons (Fsp3) is 0.200. The van der Waals surface area contributed by atoms with E-state index in [4.69, 9.17) is 16.0 Å². The molecule has 0 aliphatic heterocycles. The molecule has 1 amide bonds. The van der Waals surface area contributed by atoms with E-state index in [1.165, 1.54) is 24.3 Å².